The molecule has 114 valence electrons. The number of amides is 1. The number of nitrogens with zero attached hydrogens (tertiary/aromatic N) is 2. The highest BCUT2D eigenvalue weighted by Gasteiger charge is 2.21. The zero-order chi connectivity index (χ0) is 15.6. The maximum atomic E-state index is 12.6. The summed E-state index contributed by atoms with van der Waals surface area (Å²) < 4.78 is 0. The Morgan fingerprint density at radius 2 is 1.87 bits per heavy atom. The summed E-state index contributed by atoms with van der Waals surface area (Å²) in [5.74, 6) is -0.0562. The van der Waals surface area contributed by atoms with E-state index in [1.807, 2.05) is 12.1 Å². The van der Waals surface area contributed by atoms with Crippen LogP contribution in [0, 0.1) is 0 Å². The van der Waals surface area contributed by atoms with Crippen molar-refractivity contribution in [3.63, 3.8) is 0 Å². The van der Waals surface area contributed by atoms with Gasteiger partial charge in [-0.25, -0.2) is 0 Å². The van der Waals surface area contributed by atoms with E-state index in [4.69, 9.17) is 0 Å². The van der Waals surface area contributed by atoms with Crippen LogP contribution in [0.1, 0.15) is 40.4 Å². The first-order valence-electron chi connectivity index (χ1n) is 7.91. The minimum absolute atomic E-state index is 0.0562. The molecular weight excluding hydrogens is 286 g/mol. The van der Waals surface area contributed by atoms with Crippen LogP contribution in [-0.4, -0.2) is 15.9 Å². The molecular formula is C19H17N3O. The highest BCUT2D eigenvalue weighted by Crippen LogP contribution is 2.29. The van der Waals surface area contributed by atoms with Crippen LogP contribution >= 0.6 is 0 Å². The van der Waals surface area contributed by atoms with Crippen molar-refractivity contribution in [2.24, 2.45) is 0 Å². The van der Waals surface area contributed by atoms with Gasteiger partial charge >= 0.3 is 0 Å². The molecule has 2 aromatic carbocycles. The maximum absolute atomic E-state index is 12.6. The second-order valence-corrected chi connectivity index (χ2v) is 5.88. The molecule has 1 atom stereocenters. The molecule has 0 saturated heterocycles. The second kappa shape index (κ2) is 5.80. The molecule has 0 radical (unpaired) electrons. The van der Waals surface area contributed by atoms with E-state index in [2.05, 4.69) is 33.5 Å². The van der Waals surface area contributed by atoms with Crippen LogP contribution in [0.15, 0.2) is 54.9 Å². The summed E-state index contributed by atoms with van der Waals surface area (Å²) in [7, 11) is 0. The lowest BCUT2D eigenvalue weighted by atomic mass is 9.87. The first kappa shape index (κ1) is 13.9. The van der Waals surface area contributed by atoms with Crippen molar-refractivity contribution >= 4 is 16.9 Å². The number of carbonyl (C=O) groups excluding carboxylic acids is 1. The molecule has 0 aliphatic heterocycles. The Morgan fingerprint density at radius 3 is 2.78 bits per heavy atom. The van der Waals surface area contributed by atoms with Gasteiger partial charge in [0.05, 0.1) is 17.1 Å². The van der Waals surface area contributed by atoms with Gasteiger partial charge in [0.1, 0.15) is 0 Å². The van der Waals surface area contributed by atoms with E-state index in [-0.39, 0.29) is 11.9 Å². The Morgan fingerprint density at radius 1 is 1.04 bits per heavy atom. The molecule has 0 spiro atoms. The van der Waals surface area contributed by atoms with Gasteiger partial charge < -0.3 is 5.32 Å². The Kier molecular flexibility index (Phi) is 3.50. The van der Waals surface area contributed by atoms with Crippen molar-refractivity contribution < 1.29 is 4.79 Å². The zero-order valence-corrected chi connectivity index (χ0v) is 12.7. The Balaban J connectivity index is 1.60. The van der Waals surface area contributed by atoms with Crippen molar-refractivity contribution in [3.05, 3.63) is 71.5 Å². The van der Waals surface area contributed by atoms with Crippen molar-refractivity contribution in [2.75, 3.05) is 0 Å². The van der Waals surface area contributed by atoms with E-state index in [1.54, 1.807) is 24.5 Å². The molecule has 1 aliphatic carbocycles. The smallest absolute Gasteiger partial charge is 0.251 e. The SMILES string of the molecule is O=C(NC1CCCc2ccccc21)c1ccc2nccnc2c1. The highest BCUT2D eigenvalue weighted by molar-refractivity contribution is 5.97. The molecule has 23 heavy (non-hydrogen) atoms. The minimum Gasteiger partial charge on any atom is -0.345 e. The normalized spacial score (nSPS) is 16.8. The molecule has 4 rings (SSSR count). The molecule has 1 unspecified atom stereocenters. The van der Waals surface area contributed by atoms with Gasteiger partial charge in [0.25, 0.3) is 5.91 Å². The molecule has 0 saturated carbocycles. The van der Waals surface area contributed by atoms with E-state index in [0.717, 1.165) is 30.3 Å². The standard InChI is InChI=1S/C19H17N3O/c23-19(14-8-9-17-18(12-14)21-11-10-20-17)22-16-7-3-5-13-4-1-2-6-15(13)16/h1-2,4,6,8-12,16H,3,5,7H2,(H,22,23). The second-order valence-electron chi connectivity index (χ2n) is 5.88. The van der Waals surface area contributed by atoms with E-state index in [0.29, 0.717) is 5.56 Å². The Bertz CT molecular complexity index is 875. The monoisotopic (exact) mass is 303 g/mol. The average Bonchev–Trinajstić information content (AvgIpc) is 2.61. The highest BCUT2D eigenvalue weighted by atomic mass is 16.1. The molecule has 4 heteroatoms. The molecule has 0 bridgehead atoms. The lowest BCUT2D eigenvalue weighted by Gasteiger charge is -2.26. The average molecular weight is 303 g/mol. The van der Waals surface area contributed by atoms with Gasteiger partial charge in [-0.3, -0.25) is 14.8 Å². The van der Waals surface area contributed by atoms with Crippen molar-refractivity contribution in [1.82, 2.24) is 15.3 Å². The van der Waals surface area contributed by atoms with E-state index >= 15 is 0 Å². The first-order valence-corrected chi connectivity index (χ1v) is 7.91. The van der Waals surface area contributed by atoms with Crippen molar-refractivity contribution in [3.8, 4) is 0 Å². The van der Waals surface area contributed by atoms with Crippen LogP contribution in [0.4, 0.5) is 0 Å². The summed E-state index contributed by atoms with van der Waals surface area (Å²) in [5.41, 5.74) is 4.75. The molecule has 1 amide bonds. The number of aromatic nitrogens is 2. The lowest BCUT2D eigenvalue weighted by molar-refractivity contribution is 0.0933. The number of rotatable bonds is 2. The molecule has 1 aromatic heterocycles. The summed E-state index contributed by atoms with van der Waals surface area (Å²) >= 11 is 0. The molecule has 0 fully saturated rings. The number of carbonyl (C=O) groups is 1. The van der Waals surface area contributed by atoms with Crippen LogP contribution in [0.25, 0.3) is 11.0 Å². The number of hydrogen-bond acceptors (Lipinski definition) is 3. The van der Waals surface area contributed by atoms with Crippen molar-refractivity contribution in [2.45, 2.75) is 25.3 Å². The zero-order valence-electron chi connectivity index (χ0n) is 12.7. The third kappa shape index (κ3) is 2.68. The summed E-state index contributed by atoms with van der Waals surface area (Å²) in [6.45, 7) is 0. The number of aryl methyl sites for hydroxylation is 1. The van der Waals surface area contributed by atoms with Gasteiger partial charge in [-0.05, 0) is 48.6 Å². The summed E-state index contributed by atoms with van der Waals surface area (Å²) in [6.07, 6.45) is 6.47. The summed E-state index contributed by atoms with van der Waals surface area (Å²) in [5, 5.41) is 3.17. The molecule has 1 aliphatic rings. The topological polar surface area (TPSA) is 54.9 Å². The van der Waals surface area contributed by atoms with Crippen LogP contribution in [-0.2, 0) is 6.42 Å². The molecule has 1 heterocycles. The van der Waals surface area contributed by atoms with Crippen LogP contribution < -0.4 is 5.32 Å². The number of fused-ring (bicyclic) bond motifs is 2. The maximum Gasteiger partial charge on any atom is 0.251 e. The first-order chi connectivity index (χ1) is 11.3. The van der Waals surface area contributed by atoms with Gasteiger partial charge in [0.2, 0.25) is 0 Å². The van der Waals surface area contributed by atoms with E-state index in [1.165, 1.54) is 11.1 Å². The third-order valence-electron chi connectivity index (χ3n) is 4.41. The summed E-state index contributed by atoms with van der Waals surface area (Å²) in [6, 6.07) is 13.9. The fraction of sp³-hybridized carbons (Fsp3) is 0.211. The number of benzene rings is 2. The molecule has 3 aromatic rings. The molecule has 1 N–H and O–H groups in total. The van der Waals surface area contributed by atoms with E-state index < -0.39 is 0 Å². The number of nitrogens with one attached hydrogen (secondary N) is 1. The van der Waals surface area contributed by atoms with Crippen molar-refractivity contribution in [1.29, 1.82) is 0 Å². The fourth-order valence-electron chi connectivity index (χ4n) is 3.25. The third-order valence-corrected chi connectivity index (χ3v) is 4.41. The number of hydrogen-bond donors (Lipinski definition) is 1. The quantitative estimate of drug-likeness (QED) is 0.789. The van der Waals surface area contributed by atoms with Crippen LogP contribution in [0.5, 0.6) is 0 Å². The van der Waals surface area contributed by atoms with Gasteiger partial charge in [0.15, 0.2) is 0 Å². The minimum atomic E-state index is -0.0562. The van der Waals surface area contributed by atoms with Gasteiger partial charge in [-0.2, -0.15) is 0 Å². The fourth-order valence-corrected chi connectivity index (χ4v) is 3.25. The van der Waals surface area contributed by atoms with Crippen LogP contribution in [0.2, 0.25) is 0 Å². The predicted octanol–water partition coefficient (Wildman–Crippen LogP) is 3.44. The summed E-state index contributed by atoms with van der Waals surface area (Å²) in [4.78, 5) is 21.1. The van der Waals surface area contributed by atoms with Gasteiger partial charge in [-0.15, -0.1) is 0 Å². The van der Waals surface area contributed by atoms with Gasteiger partial charge in [0, 0.05) is 18.0 Å². The Labute approximate surface area is 134 Å². The lowest BCUT2D eigenvalue weighted by Crippen LogP contribution is -2.30. The Hall–Kier alpha value is -2.75. The van der Waals surface area contributed by atoms with Crippen LogP contribution in [0.3, 0.4) is 0 Å². The molecule has 4 nitrogen and oxygen atoms in total. The van der Waals surface area contributed by atoms with E-state index in [9.17, 15) is 4.79 Å². The van der Waals surface area contributed by atoms with Gasteiger partial charge in [-0.1, -0.05) is 24.3 Å². The predicted molar refractivity (Wildman–Crippen MR) is 89.1 cm³/mol. The largest absolute Gasteiger partial charge is 0.345 e.